The van der Waals surface area contributed by atoms with Gasteiger partial charge in [-0.3, -0.25) is 13.9 Å². The fourth-order valence-electron chi connectivity index (χ4n) is 4.22. The van der Waals surface area contributed by atoms with E-state index in [-0.39, 0.29) is 29.7 Å². The third kappa shape index (κ3) is 9.11. The Morgan fingerprint density at radius 2 is 1.62 bits per heavy atom. The van der Waals surface area contributed by atoms with Crippen LogP contribution in [-0.2, 0) is 38.8 Å². The molecule has 42 heavy (non-hydrogen) atoms. The Kier molecular flexibility index (Phi) is 10.9. The highest BCUT2D eigenvalue weighted by Gasteiger charge is 2.35. The Bertz CT molecular complexity index is 1520. The van der Waals surface area contributed by atoms with Gasteiger partial charge in [-0.05, 0) is 55.3 Å². The first-order valence-corrected chi connectivity index (χ1v) is 15.4. The highest BCUT2D eigenvalue weighted by atomic mass is 35.5. The summed E-state index contributed by atoms with van der Waals surface area (Å²) in [6.45, 7) is 2.42. The molecule has 0 aliphatic heterocycles. The van der Waals surface area contributed by atoms with E-state index in [1.54, 1.807) is 56.3 Å². The number of nitrogens with zero attached hydrogens (tertiary/aromatic N) is 2. The van der Waals surface area contributed by atoms with Crippen LogP contribution >= 0.6 is 23.2 Å². The predicted molar refractivity (Wildman–Crippen MR) is 158 cm³/mol. The van der Waals surface area contributed by atoms with Crippen LogP contribution < -0.4 is 9.62 Å². The number of hydrogen-bond acceptors (Lipinski definition) is 4. The van der Waals surface area contributed by atoms with Gasteiger partial charge in [0.1, 0.15) is 12.6 Å². The van der Waals surface area contributed by atoms with Crippen molar-refractivity contribution in [2.24, 2.45) is 0 Å². The maximum absolute atomic E-state index is 14.0. The lowest BCUT2D eigenvalue weighted by Gasteiger charge is -2.34. The Morgan fingerprint density at radius 3 is 2.19 bits per heavy atom. The van der Waals surface area contributed by atoms with Gasteiger partial charge in [0.25, 0.3) is 0 Å². The van der Waals surface area contributed by atoms with E-state index in [4.69, 9.17) is 23.2 Å². The third-order valence-electron chi connectivity index (χ3n) is 6.20. The Labute approximate surface area is 253 Å². The number of sulfonamides is 1. The number of carbonyl (C=O) groups is 2. The van der Waals surface area contributed by atoms with Gasteiger partial charge >= 0.3 is 6.18 Å². The van der Waals surface area contributed by atoms with E-state index in [1.165, 1.54) is 11.0 Å². The Morgan fingerprint density at radius 1 is 0.952 bits per heavy atom. The molecule has 0 spiro atoms. The summed E-state index contributed by atoms with van der Waals surface area (Å²) >= 11 is 12.4. The normalized spacial score (nSPS) is 12.6. The number of rotatable bonds is 11. The molecule has 1 N–H and O–H groups in total. The molecule has 0 bridgehead atoms. The van der Waals surface area contributed by atoms with Gasteiger partial charge in [-0.25, -0.2) is 8.42 Å². The van der Waals surface area contributed by atoms with E-state index in [0.29, 0.717) is 21.0 Å². The number of hydrogen-bond donors (Lipinski definition) is 1. The molecule has 0 radical (unpaired) electrons. The van der Waals surface area contributed by atoms with Crippen molar-refractivity contribution in [2.75, 3.05) is 17.1 Å². The van der Waals surface area contributed by atoms with Crippen molar-refractivity contribution < 1.29 is 31.2 Å². The first-order chi connectivity index (χ1) is 19.6. The maximum atomic E-state index is 14.0. The van der Waals surface area contributed by atoms with Crippen molar-refractivity contribution in [1.82, 2.24) is 10.2 Å². The summed E-state index contributed by atoms with van der Waals surface area (Å²) < 4.78 is 66.5. The monoisotopic (exact) mass is 643 g/mol. The SMILES string of the molecule is CC(C)NC(=O)[C@@H](Cc1ccccc1)N(Cc1ccc(Cl)cc1Cl)C(=O)CN(c1cccc(C(F)(F)F)c1)S(C)(=O)=O. The van der Waals surface area contributed by atoms with Gasteiger partial charge in [-0.15, -0.1) is 0 Å². The topological polar surface area (TPSA) is 86.8 Å². The summed E-state index contributed by atoms with van der Waals surface area (Å²) in [5, 5.41) is 3.35. The van der Waals surface area contributed by atoms with Crippen LogP contribution in [0.3, 0.4) is 0 Å². The first-order valence-electron chi connectivity index (χ1n) is 12.8. The van der Waals surface area contributed by atoms with Crippen molar-refractivity contribution in [3.05, 3.63) is 99.5 Å². The fourth-order valence-corrected chi connectivity index (χ4v) is 5.53. The highest BCUT2D eigenvalue weighted by molar-refractivity contribution is 7.92. The van der Waals surface area contributed by atoms with Crippen LogP contribution in [0, 0.1) is 0 Å². The summed E-state index contributed by atoms with van der Waals surface area (Å²) in [6, 6.07) is 15.7. The van der Waals surface area contributed by atoms with Gasteiger partial charge in [-0.2, -0.15) is 13.2 Å². The smallest absolute Gasteiger partial charge is 0.352 e. The third-order valence-corrected chi connectivity index (χ3v) is 7.93. The summed E-state index contributed by atoms with van der Waals surface area (Å²) in [6.07, 6.45) is -3.89. The van der Waals surface area contributed by atoms with Crippen molar-refractivity contribution in [2.45, 2.75) is 45.1 Å². The molecule has 0 aliphatic rings. The van der Waals surface area contributed by atoms with Crippen molar-refractivity contribution in [3.63, 3.8) is 0 Å². The van der Waals surface area contributed by atoms with Crippen LogP contribution in [0.5, 0.6) is 0 Å². The van der Waals surface area contributed by atoms with Gasteiger partial charge in [-0.1, -0.05) is 65.7 Å². The molecule has 0 unspecified atom stereocenters. The van der Waals surface area contributed by atoms with Crippen LogP contribution in [0.4, 0.5) is 18.9 Å². The maximum Gasteiger partial charge on any atom is 0.416 e. The standard InChI is InChI=1S/C29H30Cl2F3N3O4S/c1-19(2)35-28(39)26(14-20-8-5-4-6-9-20)36(17-21-12-13-23(30)16-25(21)31)27(38)18-37(42(3,40)41)24-11-7-10-22(15-24)29(32,33)34/h4-13,15-16,19,26H,14,17-18H2,1-3H3,(H,35,39)/t26-/m1/s1. The number of benzene rings is 3. The Balaban J connectivity index is 2.11. The molecule has 3 aromatic rings. The second-order valence-electron chi connectivity index (χ2n) is 9.94. The van der Waals surface area contributed by atoms with Crippen LogP contribution in [0.25, 0.3) is 0 Å². The van der Waals surface area contributed by atoms with Crippen molar-refractivity contribution >= 4 is 50.7 Å². The van der Waals surface area contributed by atoms with Crippen LogP contribution in [0.2, 0.25) is 10.0 Å². The van der Waals surface area contributed by atoms with E-state index in [2.05, 4.69) is 5.32 Å². The molecule has 0 aromatic heterocycles. The average Bonchev–Trinajstić information content (AvgIpc) is 2.89. The minimum Gasteiger partial charge on any atom is -0.352 e. The molecule has 13 heteroatoms. The first kappa shape index (κ1) is 33.2. The molecule has 3 aromatic carbocycles. The van der Waals surface area contributed by atoms with Gasteiger partial charge in [0.2, 0.25) is 21.8 Å². The molecular weight excluding hydrogens is 614 g/mol. The molecule has 2 amide bonds. The lowest BCUT2D eigenvalue weighted by atomic mass is 10.0. The zero-order valence-electron chi connectivity index (χ0n) is 23.0. The lowest BCUT2D eigenvalue weighted by Crippen LogP contribution is -2.54. The van der Waals surface area contributed by atoms with Gasteiger partial charge in [0, 0.05) is 29.1 Å². The van der Waals surface area contributed by atoms with E-state index >= 15 is 0 Å². The number of alkyl halides is 3. The molecule has 3 rings (SSSR count). The molecule has 0 saturated carbocycles. The molecule has 0 aliphatic carbocycles. The number of amides is 2. The molecule has 0 fully saturated rings. The van der Waals surface area contributed by atoms with Gasteiger partial charge in [0.15, 0.2) is 0 Å². The second kappa shape index (κ2) is 13.8. The number of carbonyl (C=O) groups excluding carboxylic acids is 2. The van der Waals surface area contributed by atoms with E-state index in [1.807, 2.05) is 0 Å². The molecule has 1 atom stereocenters. The van der Waals surface area contributed by atoms with Crippen molar-refractivity contribution in [1.29, 1.82) is 0 Å². The minimum atomic E-state index is -4.74. The van der Waals surface area contributed by atoms with Crippen LogP contribution in [0.15, 0.2) is 72.8 Å². The van der Waals surface area contributed by atoms with Crippen molar-refractivity contribution in [3.8, 4) is 0 Å². The van der Waals surface area contributed by atoms with Crippen LogP contribution in [-0.4, -0.2) is 50.0 Å². The average molecular weight is 645 g/mol. The molecule has 7 nitrogen and oxygen atoms in total. The lowest BCUT2D eigenvalue weighted by molar-refractivity contribution is -0.140. The van der Waals surface area contributed by atoms with Gasteiger partial charge in [0.05, 0.1) is 17.5 Å². The zero-order valence-corrected chi connectivity index (χ0v) is 25.4. The summed E-state index contributed by atoms with van der Waals surface area (Å²) in [7, 11) is -4.24. The summed E-state index contributed by atoms with van der Waals surface area (Å²) in [5.74, 6) is -1.33. The zero-order chi connectivity index (χ0) is 31.2. The minimum absolute atomic E-state index is 0.0682. The number of halogens is 5. The molecule has 226 valence electrons. The van der Waals surface area contributed by atoms with Crippen LogP contribution in [0.1, 0.15) is 30.5 Å². The predicted octanol–water partition coefficient (Wildman–Crippen LogP) is 5.94. The summed E-state index contributed by atoms with van der Waals surface area (Å²) in [4.78, 5) is 28.7. The largest absolute Gasteiger partial charge is 0.416 e. The molecular formula is C29H30Cl2F3N3O4S. The Hall–Kier alpha value is -3.28. The molecule has 0 saturated heterocycles. The molecule has 0 heterocycles. The fraction of sp³-hybridized carbons (Fsp3) is 0.310. The van der Waals surface area contributed by atoms with E-state index in [9.17, 15) is 31.2 Å². The number of anilines is 1. The quantitative estimate of drug-likeness (QED) is 0.280. The van der Waals surface area contributed by atoms with Gasteiger partial charge < -0.3 is 10.2 Å². The summed E-state index contributed by atoms with van der Waals surface area (Å²) in [5.41, 5.74) is -0.283. The second-order valence-corrected chi connectivity index (χ2v) is 12.7. The number of nitrogens with one attached hydrogen (secondary N) is 1. The van der Waals surface area contributed by atoms with E-state index < -0.39 is 46.2 Å². The highest BCUT2D eigenvalue weighted by Crippen LogP contribution is 2.32. The van der Waals surface area contributed by atoms with E-state index in [0.717, 1.165) is 30.0 Å².